The van der Waals surface area contributed by atoms with Crippen molar-refractivity contribution in [3.05, 3.63) is 65.4 Å². The second-order valence-electron chi connectivity index (χ2n) is 5.42. The van der Waals surface area contributed by atoms with Crippen LogP contribution in [0.15, 0.2) is 48.5 Å². The summed E-state index contributed by atoms with van der Waals surface area (Å²) in [5.41, 5.74) is 2.29. The Kier molecular flexibility index (Phi) is 6.50. The number of hydrogen-bond acceptors (Lipinski definition) is 3. The van der Waals surface area contributed by atoms with E-state index in [1.807, 2.05) is 13.8 Å². The molecule has 0 atom stereocenters. The molecule has 0 unspecified atom stereocenters. The monoisotopic (exact) mass is 379 g/mol. The molecule has 27 heavy (non-hydrogen) atoms. The molecule has 0 bridgehead atoms. The molecule has 0 amide bonds. The maximum atomic E-state index is 12.5. The van der Waals surface area contributed by atoms with Crippen molar-refractivity contribution in [3.63, 3.8) is 0 Å². The summed E-state index contributed by atoms with van der Waals surface area (Å²) in [6, 6.07) is 12.8. The molecule has 2 aromatic carbocycles. The fourth-order valence-corrected chi connectivity index (χ4v) is 2.61. The molecule has 7 heteroatoms. The number of esters is 1. The van der Waals surface area contributed by atoms with Crippen molar-refractivity contribution in [2.75, 3.05) is 7.11 Å². The van der Waals surface area contributed by atoms with Crippen molar-refractivity contribution >= 4 is 16.9 Å². The smallest absolute Gasteiger partial charge is 0.465 e. The lowest BCUT2D eigenvalue weighted by Gasteiger charge is -2.12. The van der Waals surface area contributed by atoms with Gasteiger partial charge in [0.1, 0.15) is 5.75 Å². The number of benzene rings is 2. The van der Waals surface area contributed by atoms with E-state index >= 15 is 0 Å². The van der Waals surface area contributed by atoms with Crippen LogP contribution in [0.3, 0.4) is 0 Å². The number of rotatable bonds is 4. The third kappa shape index (κ3) is 5.26. The zero-order valence-electron chi connectivity index (χ0n) is 15.2. The standard InChI is InChI=1S/C18H14F3NO3.C2H6/c1-24-17(23)12-6-7-15-13(8-12)10-14(22-15)9-11-4-2-3-5-16(11)25-18(19,20)21;1-2/h2-8,10,22H,9H2,1H3;1-2H3. The number of ether oxygens (including phenoxy) is 2. The van der Waals surface area contributed by atoms with Gasteiger partial charge in [0.2, 0.25) is 0 Å². The van der Waals surface area contributed by atoms with E-state index in [1.54, 1.807) is 36.4 Å². The number of alkyl halides is 3. The van der Waals surface area contributed by atoms with Gasteiger partial charge in [0.15, 0.2) is 0 Å². The quantitative estimate of drug-likeness (QED) is 0.612. The molecule has 0 fully saturated rings. The lowest BCUT2D eigenvalue weighted by molar-refractivity contribution is -0.274. The van der Waals surface area contributed by atoms with Crippen LogP contribution in [0.4, 0.5) is 13.2 Å². The second-order valence-corrected chi connectivity index (χ2v) is 5.42. The van der Waals surface area contributed by atoms with E-state index in [2.05, 4.69) is 14.5 Å². The minimum absolute atomic E-state index is 0.231. The number of halogens is 3. The molecule has 144 valence electrons. The number of nitrogens with one attached hydrogen (secondary N) is 1. The van der Waals surface area contributed by atoms with Crippen LogP contribution in [0.1, 0.15) is 35.5 Å². The van der Waals surface area contributed by atoms with E-state index in [4.69, 9.17) is 0 Å². The maximum Gasteiger partial charge on any atom is 0.573 e. The highest BCUT2D eigenvalue weighted by Gasteiger charge is 2.32. The summed E-state index contributed by atoms with van der Waals surface area (Å²) in [6.07, 6.45) is -4.51. The van der Waals surface area contributed by atoms with Crippen molar-refractivity contribution in [3.8, 4) is 5.75 Å². The van der Waals surface area contributed by atoms with E-state index in [0.717, 1.165) is 10.9 Å². The van der Waals surface area contributed by atoms with Crippen LogP contribution < -0.4 is 4.74 Å². The van der Waals surface area contributed by atoms with Gasteiger partial charge in [0.25, 0.3) is 0 Å². The number of H-pyrrole nitrogens is 1. The van der Waals surface area contributed by atoms with Crippen LogP contribution in [0.5, 0.6) is 5.75 Å². The summed E-state index contributed by atoms with van der Waals surface area (Å²) in [4.78, 5) is 14.7. The Morgan fingerprint density at radius 2 is 1.78 bits per heavy atom. The molecule has 0 aliphatic carbocycles. The summed E-state index contributed by atoms with van der Waals surface area (Å²) in [6.45, 7) is 4.00. The Balaban J connectivity index is 0.00000126. The first-order chi connectivity index (χ1) is 12.9. The van der Waals surface area contributed by atoms with Crippen molar-refractivity contribution in [1.82, 2.24) is 4.98 Å². The lowest BCUT2D eigenvalue weighted by Crippen LogP contribution is -2.18. The van der Waals surface area contributed by atoms with Gasteiger partial charge < -0.3 is 14.5 Å². The Hall–Kier alpha value is -2.96. The van der Waals surface area contributed by atoms with Crippen LogP contribution in [-0.2, 0) is 11.2 Å². The average Bonchev–Trinajstić information content (AvgIpc) is 3.04. The molecule has 3 aromatic rings. The minimum Gasteiger partial charge on any atom is -0.465 e. The molecular weight excluding hydrogens is 359 g/mol. The highest BCUT2D eigenvalue weighted by Crippen LogP contribution is 2.28. The van der Waals surface area contributed by atoms with Gasteiger partial charge in [-0.25, -0.2) is 4.79 Å². The minimum atomic E-state index is -4.74. The molecule has 1 heterocycles. The zero-order chi connectivity index (χ0) is 20.0. The molecule has 4 nitrogen and oxygen atoms in total. The maximum absolute atomic E-state index is 12.5. The third-order valence-corrected chi connectivity index (χ3v) is 3.68. The fourth-order valence-electron chi connectivity index (χ4n) is 2.61. The number of carbonyl (C=O) groups is 1. The van der Waals surface area contributed by atoms with Crippen molar-refractivity contribution in [2.24, 2.45) is 0 Å². The topological polar surface area (TPSA) is 51.3 Å². The molecule has 0 aliphatic rings. The molecular formula is C20H20F3NO3. The summed E-state index contributed by atoms with van der Waals surface area (Å²) >= 11 is 0. The van der Waals surface area contributed by atoms with Gasteiger partial charge in [-0.2, -0.15) is 0 Å². The number of fused-ring (bicyclic) bond motifs is 1. The van der Waals surface area contributed by atoms with Crippen molar-refractivity contribution in [1.29, 1.82) is 0 Å². The Bertz CT molecular complexity index is 916. The van der Waals surface area contributed by atoms with E-state index in [1.165, 1.54) is 19.2 Å². The molecule has 0 radical (unpaired) electrons. The van der Waals surface area contributed by atoms with Crippen LogP contribution in [0, 0.1) is 0 Å². The number of carbonyl (C=O) groups excluding carboxylic acids is 1. The van der Waals surface area contributed by atoms with E-state index in [0.29, 0.717) is 16.8 Å². The largest absolute Gasteiger partial charge is 0.573 e. The summed E-state index contributed by atoms with van der Waals surface area (Å²) in [5, 5.41) is 0.770. The predicted octanol–water partition coefficient (Wildman–Crippen LogP) is 5.47. The first kappa shape index (κ1) is 20.4. The van der Waals surface area contributed by atoms with Gasteiger partial charge in [0, 0.05) is 28.6 Å². The first-order valence-corrected chi connectivity index (χ1v) is 8.39. The van der Waals surface area contributed by atoms with Crippen molar-refractivity contribution in [2.45, 2.75) is 26.6 Å². The van der Waals surface area contributed by atoms with Gasteiger partial charge >= 0.3 is 12.3 Å². The van der Waals surface area contributed by atoms with Crippen LogP contribution in [0.25, 0.3) is 10.9 Å². The van der Waals surface area contributed by atoms with Crippen LogP contribution >= 0.6 is 0 Å². The molecule has 0 aliphatic heterocycles. The zero-order valence-corrected chi connectivity index (χ0v) is 15.2. The number of aromatic amines is 1. The highest BCUT2D eigenvalue weighted by molar-refractivity contribution is 5.94. The van der Waals surface area contributed by atoms with Crippen LogP contribution in [0.2, 0.25) is 0 Å². The normalized spacial score (nSPS) is 10.9. The Labute approximate surface area is 154 Å². The number of hydrogen-bond donors (Lipinski definition) is 1. The Morgan fingerprint density at radius 1 is 1.07 bits per heavy atom. The van der Waals surface area contributed by atoms with Gasteiger partial charge in [-0.1, -0.05) is 32.0 Å². The van der Waals surface area contributed by atoms with Gasteiger partial charge in [-0.15, -0.1) is 13.2 Å². The van der Waals surface area contributed by atoms with Gasteiger partial charge in [-0.3, -0.25) is 0 Å². The van der Waals surface area contributed by atoms with E-state index < -0.39 is 12.3 Å². The van der Waals surface area contributed by atoms with Crippen molar-refractivity contribution < 1.29 is 27.4 Å². The number of aromatic nitrogens is 1. The lowest BCUT2D eigenvalue weighted by atomic mass is 10.1. The van der Waals surface area contributed by atoms with Crippen LogP contribution in [-0.4, -0.2) is 24.4 Å². The second kappa shape index (κ2) is 8.62. The predicted molar refractivity (Wildman–Crippen MR) is 96.9 cm³/mol. The first-order valence-electron chi connectivity index (χ1n) is 8.39. The molecule has 0 saturated heterocycles. The van der Waals surface area contributed by atoms with Gasteiger partial charge in [0.05, 0.1) is 12.7 Å². The van der Waals surface area contributed by atoms with E-state index in [-0.39, 0.29) is 12.2 Å². The summed E-state index contributed by atoms with van der Waals surface area (Å²) in [5.74, 6) is -0.683. The average molecular weight is 379 g/mol. The fraction of sp³-hybridized carbons (Fsp3) is 0.250. The number of para-hydroxylation sites is 1. The third-order valence-electron chi connectivity index (χ3n) is 3.68. The van der Waals surface area contributed by atoms with Gasteiger partial charge in [-0.05, 0) is 30.3 Å². The summed E-state index contributed by atoms with van der Waals surface area (Å²) in [7, 11) is 1.30. The molecule has 1 aromatic heterocycles. The highest BCUT2D eigenvalue weighted by atomic mass is 19.4. The summed E-state index contributed by atoms with van der Waals surface area (Å²) < 4.78 is 46.3. The number of methoxy groups -OCH3 is 1. The Morgan fingerprint density at radius 3 is 2.44 bits per heavy atom. The molecule has 3 rings (SSSR count). The van der Waals surface area contributed by atoms with E-state index in [9.17, 15) is 18.0 Å². The molecule has 0 spiro atoms. The molecule has 1 N–H and O–H groups in total. The molecule has 0 saturated carbocycles. The SMILES string of the molecule is CC.COC(=O)c1ccc2[nH]c(Cc3ccccc3OC(F)(F)F)cc2c1.